The van der Waals surface area contributed by atoms with Crippen LogP contribution in [-0.4, -0.2) is 26.7 Å². The van der Waals surface area contributed by atoms with Crippen LogP contribution in [0.5, 0.6) is 0 Å². The van der Waals surface area contributed by atoms with Gasteiger partial charge in [0.2, 0.25) is 0 Å². The molecule has 0 fully saturated rings. The zero-order valence-corrected chi connectivity index (χ0v) is 12.6. The molecule has 2 heterocycles. The molecule has 1 N–H and O–H groups in total. The fourth-order valence-corrected chi connectivity index (χ4v) is 2.42. The molecule has 0 spiro atoms. The predicted octanol–water partition coefficient (Wildman–Crippen LogP) is 3.07. The summed E-state index contributed by atoms with van der Waals surface area (Å²) in [4.78, 5) is 16.2. The summed E-state index contributed by atoms with van der Waals surface area (Å²) in [5.74, 6) is -0.859. The van der Waals surface area contributed by atoms with Crippen molar-refractivity contribution in [2.75, 3.05) is 0 Å². The molecule has 1 atom stereocenters. The minimum absolute atomic E-state index is 0.0227. The molecule has 0 bridgehead atoms. The molecule has 0 saturated carbocycles. The molecule has 124 valence electrons. The number of rotatable bonds is 3. The van der Waals surface area contributed by atoms with E-state index in [1.807, 2.05) is 5.32 Å². The highest BCUT2D eigenvalue weighted by molar-refractivity contribution is 6.00. The molecule has 24 heavy (non-hydrogen) atoms. The molecule has 0 aliphatic carbocycles. The van der Waals surface area contributed by atoms with E-state index < -0.39 is 18.1 Å². The van der Waals surface area contributed by atoms with Crippen LogP contribution in [-0.2, 0) is 0 Å². The van der Waals surface area contributed by atoms with Gasteiger partial charge in [-0.1, -0.05) is 29.8 Å². The molecule has 5 nitrogen and oxygen atoms in total. The summed E-state index contributed by atoms with van der Waals surface area (Å²) in [5.41, 5.74) is 1.02. The van der Waals surface area contributed by atoms with Crippen LogP contribution in [0.2, 0.25) is 0 Å². The van der Waals surface area contributed by atoms with Crippen LogP contribution < -0.4 is 5.32 Å². The topological polar surface area (TPSA) is 59.3 Å². The lowest BCUT2D eigenvalue weighted by molar-refractivity contribution is -0.155. The van der Waals surface area contributed by atoms with E-state index in [1.165, 1.54) is 47.5 Å². The Hall–Kier alpha value is -2.90. The van der Waals surface area contributed by atoms with Crippen LogP contribution in [0.25, 0.3) is 5.52 Å². The Kier molecular flexibility index (Phi) is 3.96. The number of carbonyl (C=O) groups is 1. The Labute approximate surface area is 135 Å². The number of nitrogens with one attached hydrogen (secondary N) is 1. The summed E-state index contributed by atoms with van der Waals surface area (Å²) in [6, 6.07) is 3.85. The molecule has 0 aliphatic heterocycles. The molecule has 1 amide bonds. The third kappa shape index (κ3) is 3.08. The molecular weight excluding hydrogens is 321 g/mol. The molecule has 3 aromatic rings. The van der Waals surface area contributed by atoms with Gasteiger partial charge in [0, 0.05) is 12.4 Å². The van der Waals surface area contributed by atoms with Crippen LogP contribution in [0.3, 0.4) is 0 Å². The Morgan fingerprint density at radius 1 is 1.29 bits per heavy atom. The van der Waals surface area contributed by atoms with Gasteiger partial charge in [-0.05, 0) is 12.5 Å². The maximum absolute atomic E-state index is 13.4. The number of fused-ring (bicyclic) bond motifs is 1. The predicted molar refractivity (Wildman–Crippen MR) is 80.4 cm³/mol. The van der Waals surface area contributed by atoms with Crippen molar-refractivity contribution >= 4 is 11.4 Å². The van der Waals surface area contributed by atoms with Crippen LogP contribution in [0.1, 0.15) is 27.5 Å². The first-order valence-electron chi connectivity index (χ1n) is 7.08. The quantitative estimate of drug-likeness (QED) is 0.801. The van der Waals surface area contributed by atoms with Gasteiger partial charge in [0.15, 0.2) is 6.04 Å². The molecule has 1 unspecified atom stereocenters. The normalized spacial score (nSPS) is 13.0. The fraction of sp³-hybridized carbons (Fsp3) is 0.188. The van der Waals surface area contributed by atoms with Crippen molar-refractivity contribution in [1.82, 2.24) is 19.9 Å². The van der Waals surface area contributed by atoms with Gasteiger partial charge in [-0.2, -0.15) is 18.3 Å². The fourth-order valence-electron chi connectivity index (χ4n) is 2.42. The van der Waals surface area contributed by atoms with Crippen molar-refractivity contribution in [1.29, 1.82) is 0 Å². The van der Waals surface area contributed by atoms with E-state index in [1.54, 1.807) is 13.0 Å². The number of carbonyl (C=O) groups excluding carboxylic acids is 1. The molecule has 8 heteroatoms. The van der Waals surface area contributed by atoms with E-state index in [0.29, 0.717) is 11.1 Å². The van der Waals surface area contributed by atoms with Crippen molar-refractivity contribution in [2.24, 2.45) is 0 Å². The van der Waals surface area contributed by atoms with E-state index in [2.05, 4.69) is 10.1 Å². The maximum Gasteiger partial charge on any atom is 0.412 e. The second kappa shape index (κ2) is 5.95. The minimum Gasteiger partial charge on any atom is -0.337 e. The highest BCUT2D eigenvalue weighted by Crippen LogP contribution is 2.33. The Balaban J connectivity index is 1.94. The first-order chi connectivity index (χ1) is 11.4. The second-order valence-electron chi connectivity index (χ2n) is 5.33. The number of halogens is 3. The zero-order valence-electron chi connectivity index (χ0n) is 12.6. The van der Waals surface area contributed by atoms with E-state index in [-0.39, 0.29) is 11.1 Å². The van der Waals surface area contributed by atoms with Gasteiger partial charge in [0.25, 0.3) is 5.91 Å². The van der Waals surface area contributed by atoms with Gasteiger partial charge >= 0.3 is 6.18 Å². The smallest absolute Gasteiger partial charge is 0.337 e. The molecule has 1 aromatic carbocycles. The summed E-state index contributed by atoms with van der Waals surface area (Å²) in [6.45, 7) is 1.69. The zero-order chi connectivity index (χ0) is 17.3. The largest absolute Gasteiger partial charge is 0.412 e. The van der Waals surface area contributed by atoms with Gasteiger partial charge in [0.1, 0.15) is 0 Å². The second-order valence-corrected chi connectivity index (χ2v) is 5.33. The number of aryl methyl sites for hydroxylation is 1. The first kappa shape index (κ1) is 16.0. The number of nitrogens with zero attached hydrogens (tertiary/aromatic N) is 3. The lowest BCUT2D eigenvalue weighted by atomic mass is 10.0. The first-order valence-corrected chi connectivity index (χ1v) is 7.08. The van der Waals surface area contributed by atoms with Gasteiger partial charge in [-0.3, -0.25) is 9.78 Å². The van der Waals surface area contributed by atoms with Crippen LogP contribution in [0.4, 0.5) is 13.2 Å². The summed E-state index contributed by atoms with van der Waals surface area (Å²) in [7, 11) is 0. The molecule has 0 radical (unpaired) electrons. The SMILES string of the molecule is Cc1cccc(C(NC(=O)c2cnn3ccncc23)C(F)(F)F)c1. The average Bonchev–Trinajstić information content (AvgIpc) is 2.95. The molecule has 0 saturated heterocycles. The third-order valence-electron chi connectivity index (χ3n) is 3.55. The van der Waals surface area contributed by atoms with Crippen molar-refractivity contribution in [3.8, 4) is 0 Å². The standard InChI is InChI=1S/C16H13F3N4O/c1-10-3-2-4-11(7-10)14(16(17,18)19)22-15(24)12-8-21-23-6-5-20-9-13(12)23/h2-9,14H,1H3,(H,22,24). The molecule has 3 rings (SSSR count). The van der Waals surface area contributed by atoms with Crippen molar-refractivity contribution in [3.63, 3.8) is 0 Å². The van der Waals surface area contributed by atoms with Gasteiger partial charge < -0.3 is 5.32 Å². The molecular formula is C16H13F3N4O. The number of alkyl halides is 3. The van der Waals surface area contributed by atoms with Crippen LogP contribution in [0.15, 0.2) is 49.1 Å². The number of amides is 1. The highest BCUT2D eigenvalue weighted by atomic mass is 19.4. The number of hydrogen-bond acceptors (Lipinski definition) is 3. The molecule has 0 aliphatic rings. The molecule has 2 aromatic heterocycles. The lowest BCUT2D eigenvalue weighted by Gasteiger charge is -2.22. The summed E-state index contributed by atoms with van der Waals surface area (Å²) >= 11 is 0. The van der Waals surface area contributed by atoms with Gasteiger partial charge in [-0.25, -0.2) is 4.52 Å². The summed E-state index contributed by atoms with van der Waals surface area (Å²) in [5, 5.41) is 5.98. The van der Waals surface area contributed by atoms with Crippen molar-refractivity contribution < 1.29 is 18.0 Å². The van der Waals surface area contributed by atoms with Gasteiger partial charge in [-0.15, -0.1) is 0 Å². The van der Waals surface area contributed by atoms with E-state index in [4.69, 9.17) is 0 Å². The maximum atomic E-state index is 13.4. The summed E-state index contributed by atoms with van der Waals surface area (Å²) in [6.07, 6.45) is 0.943. The Morgan fingerprint density at radius 2 is 2.08 bits per heavy atom. The monoisotopic (exact) mass is 334 g/mol. The number of benzene rings is 1. The van der Waals surface area contributed by atoms with Crippen molar-refractivity contribution in [3.05, 3.63) is 65.7 Å². The van der Waals surface area contributed by atoms with Crippen molar-refractivity contribution in [2.45, 2.75) is 19.1 Å². The van der Waals surface area contributed by atoms with Crippen LogP contribution in [0, 0.1) is 6.92 Å². The van der Waals surface area contributed by atoms with Crippen LogP contribution >= 0.6 is 0 Å². The minimum atomic E-state index is -4.62. The van der Waals surface area contributed by atoms with E-state index >= 15 is 0 Å². The number of hydrogen-bond donors (Lipinski definition) is 1. The van der Waals surface area contributed by atoms with E-state index in [9.17, 15) is 18.0 Å². The third-order valence-corrected chi connectivity index (χ3v) is 3.55. The Morgan fingerprint density at radius 3 is 2.79 bits per heavy atom. The van der Waals surface area contributed by atoms with E-state index in [0.717, 1.165) is 0 Å². The highest BCUT2D eigenvalue weighted by Gasteiger charge is 2.42. The number of aromatic nitrogens is 3. The lowest BCUT2D eigenvalue weighted by Crippen LogP contribution is -2.38. The van der Waals surface area contributed by atoms with Gasteiger partial charge in [0.05, 0.1) is 23.5 Å². The summed E-state index contributed by atoms with van der Waals surface area (Å²) < 4.78 is 41.6. The Bertz CT molecular complexity index is 888. The average molecular weight is 334 g/mol.